The minimum absolute atomic E-state index is 0.717. The molecule has 1 saturated heterocycles. The Morgan fingerprint density at radius 2 is 1.89 bits per heavy atom. The Kier molecular flexibility index (Phi) is 3.41. The molecule has 1 N–H and O–H groups in total. The molecule has 1 aromatic rings. The molecule has 0 radical (unpaired) electrons. The van der Waals surface area contributed by atoms with Crippen LogP contribution in [0, 0.1) is 0 Å². The van der Waals surface area contributed by atoms with E-state index in [1.54, 1.807) is 0 Å². The van der Waals surface area contributed by atoms with Crippen molar-refractivity contribution in [3.63, 3.8) is 0 Å². The fourth-order valence-corrected chi connectivity index (χ4v) is 3.22. The summed E-state index contributed by atoms with van der Waals surface area (Å²) in [6, 6.07) is 9.56. The van der Waals surface area contributed by atoms with Gasteiger partial charge < -0.3 is 15.1 Å². The van der Waals surface area contributed by atoms with Crippen molar-refractivity contribution in [2.24, 2.45) is 0 Å². The van der Waals surface area contributed by atoms with Gasteiger partial charge in [0.1, 0.15) is 0 Å². The first kappa shape index (κ1) is 11.8. The third kappa shape index (κ3) is 2.19. The summed E-state index contributed by atoms with van der Waals surface area (Å²) in [4.78, 5) is 5.02. The van der Waals surface area contributed by atoms with Gasteiger partial charge in [-0.3, -0.25) is 0 Å². The smallest absolute Gasteiger partial charge is 0.0607 e. The van der Waals surface area contributed by atoms with Crippen LogP contribution in [-0.2, 0) is 0 Å². The monoisotopic (exact) mass is 245 g/mol. The van der Waals surface area contributed by atoms with Crippen molar-refractivity contribution in [3.05, 3.63) is 24.3 Å². The molecular formula is C15H23N3. The fraction of sp³-hybridized carbons (Fsp3) is 0.600. The molecule has 0 aromatic heterocycles. The minimum Gasteiger partial charge on any atom is -0.371 e. The molecule has 2 heterocycles. The molecule has 1 unspecified atom stereocenters. The lowest BCUT2D eigenvalue weighted by molar-refractivity contribution is 0.529. The topological polar surface area (TPSA) is 18.5 Å². The Labute approximate surface area is 110 Å². The zero-order valence-corrected chi connectivity index (χ0v) is 11.2. The lowest BCUT2D eigenvalue weighted by Gasteiger charge is -2.41. The summed E-state index contributed by atoms with van der Waals surface area (Å²) in [7, 11) is 2.20. The molecule has 3 nitrogen and oxygen atoms in total. The highest BCUT2D eigenvalue weighted by molar-refractivity contribution is 5.73. The maximum absolute atomic E-state index is 3.51. The number of para-hydroxylation sites is 2. The summed E-state index contributed by atoms with van der Waals surface area (Å²) in [5.74, 6) is 0. The summed E-state index contributed by atoms with van der Waals surface area (Å²) >= 11 is 0. The van der Waals surface area contributed by atoms with Crippen LogP contribution in [0.4, 0.5) is 11.4 Å². The summed E-state index contributed by atoms with van der Waals surface area (Å²) < 4.78 is 0. The predicted octanol–water partition coefficient (Wildman–Crippen LogP) is 2.08. The van der Waals surface area contributed by atoms with Gasteiger partial charge in [0, 0.05) is 26.2 Å². The van der Waals surface area contributed by atoms with Gasteiger partial charge in [0.2, 0.25) is 0 Å². The van der Waals surface area contributed by atoms with E-state index in [1.807, 2.05) is 0 Å². The molecule has 1 fully saturated rings. The van der Waals surface area contributed by atoms with E-state index in [2.05, 4.69) is 46.4 Å². The highest BCUT2D eigenvalue weighted by atomic mass is 15.3. The zero-order chi connectivity index (χ0) is 12.4. The molecule has 3 heteroatoms. The van der Waals surface area contributed by atoms with Crippen LogP contribution in [-0.4, -0.2) is 39.3 Å². The van der Waals surface area contributed by atoms with Crippen molar-refractivity contribution in [3.8, 4) is 0 Å². The van der Waals surface area contributed by atoms with E-state index in [-0.39, 0.29) is 0 Å². The van der Waals surface area contributed by atoms with Gasteiger partial charge in [-0.05, 0) is 44.5 Å². The SMILES string of the molecule is CN1CCN(C2CCCNCC2)c2ccccc21. The molecule has 1 atom stereocenters. The molecule has 2 aliphatic heterocycles. The number of nitrogens with one attached hydrogen (secondary N) is 1. The standard InChI is InChI=1S/C15H23N3/c1-17-11-12-18(13-5-4-9-16-10-8-13)15-7-3-2-6-14(15)17/h2-3,6-7,13,16H,4-5,8-12H2,1H3. The molecule has 18 heavy (non-hydrogen) atoms. The fourth-order valence-electron chi connectivity index (χ4n) is 3.22. The van der Waals surface area contributed by atoms with Crippen molar-refractivity contribution in [1.82, 2.24) is 5.32 Å². The van der Waals surface area contributed by atoms with Gasteiger partial charge in [-0.2, -0.15) is 0 Å². The summed E-state index contributed by atoms with van der Waals surface area (Å²) in [5.41, 5.74) is 2.82. The van der Waals surface area contributed by atoms with Crippen LogP contribution < -0.4 is 15.1 Å². The maximum Gasteiger partial charge on any atom is 0.0607 e. The van der Waals surface area contributed by atoms with Crippen molar-refractivity contribution in [2.45, 2.75) is 25.3 Å². The second-order valence-corrected chi connectivity index (χ2v) is 5.44. The van der Waals surface area contributed by atoms with Gasteiger partial charge in [-0.25, -0.2) is 0 Å². The second kappa shape index (κ2) is 5.19. The molecule has 98 valence electrons. The first-order valence-electron chi connectivity index (χ1n) is 7.14. The zero-order valence-electron chi connectivity index (χ0n) is 11.2. The van der Waals surface area contributed by atoms with Crippen LogP contribution in [0.5, 0.6) is 0 Å². The first-order chi connectivity index (χ1) is 8.86. The number of anilines is 2. The molecule has 2 aliphatic rings. The summed E-state index contributed by atoms with van der Waals surface area (Å²) in [6.07, 6.45) is 3.91. The molecule has 0 bridgehead atoms. The van der Waals surface area contributed by atoms with Crippen LogP contribution in [0.2, 0.25) is 0 Å². The predicted molar refractivity (Wildman–Crippen MR) is 77.6 cm³/mol. The number of hydrogen-bond acceptors (Lipinski definition) is 3. The molecular weight excluding hydrogens is 222 g/mol. The van der Waals surface area contributed by atoms with Crippen LogP contribution in [0.15, 0.2) is 24.3 Å². The summed E-state index contributed by atoms with van der Waals surface area (Å²) in [5, 5.41) is 3.51. The Balaban J connectivity index is 1.86. The molecule has 3 rings (SSSR count). The van der Waals surface area contributed by atoms with Crippen LogP contribution in [0.1, 0.15) is 19.3 Å². The van der Waals surface area contributed by atoms with E-state index in [9.17, 15) is 0 Å². The number of likely N-dealkylation sites (N-methyl/N-ethyl adjacent to an activating group) is 1. The third-order valence-corrected chi connectivity index (χ3v) is 4.26. The summed E-state index contributed by atoms with van der Waals surface area (Å²) in [6.45, 7) is 4.66. The second-order valence-electron chi connectivity index (χ2n) is 5.44. The number of hydrogen-bond donors (Lipinski definition) is 1. The van der Waals surface area contributed by atoms with Crippen LogP contribution >= 0.6 is 0 Å². The van der Waals surface area contributed by atoms with Crippen LogP contribution in [0.25, 0.3) is 0 Å². The van der Waals surface area contributed by atoms with E-state index in [4.69, 9.17) is 0 Å². The molecule has 0 aliphatic carbocycles. The highest BCUT2D eigenvalue weighted by Crippen LogP contribution is 2.34. The van der Waals surface area contributed by atoms with Gasteiger partial charge in [0.15, 0.2) is 0 Å². The quantitative estimate of drug-likeness (QED) is 0.817. The van der Waals surface area contributed by atoms with Crippen molar-refractivity contribution in [1.29, 1.82) is 0 Å². The van der Waals surface area contributed by atoms with Crippen molar-refractivity contribution < 1.29 is 0 Å². The Morgan fingerprint density at radius 3 is 2.78 bits per heavy atom. The van der Waals surface area contributed by atoms with Crippen LogP contribution in [0.3, 0.4) is 0 Å². The number of rotatable bonds is 1. The van der Waals surface area contributed by atoms with Crippen molar-refractivity contribution in [2.75, 3.05) is 43.0 Å². The van der Waals surface area contributed by atoms with Gasteiger partial charge in [-0.15, -0.1) is 0 Å². The largest absolute Gasteiger partial charge is 0.371 e. The average molecular weight is 245 g/mol. The lowest BCUT2D eigenvalue weighted by atomic mass is 10.0. The van der Waals surface area contributed by atoms with E-state index in [1.165, 1.54) is 43.7 Å². The van der Waals surface area contributed by atoms with E-state index < -0.39 is 0 Å². The normalized spacial score (nSPS) is 24.6. The molecule has 0 saturated carbocycles. The van der Waals surface area contributed by atoms with Crippen molar-refractivity contribution >= 4 is 11.4 Å². The third-order valence-electron chi connectivity index (χ3n) is 4.26. The van der Waals surface area contributed by atoms with Gasteiger partial charge in [-0.1, -0.05) is 12.1 Å². The molecule has 1 aromatic carbocycles. The number of nitrogens with zero attached hydrogens (tertiary/aromatic N) is 2. The maximum atomic E-state index is 3.51. The first-order valence-corrected chi connectivity index (χ1v) is 7.14. The van der Waals surface area contributed by atoms with Gasteiger partial charge in [0.25, 0.3) is 0 Å². The number of fused-ring (bicyclic) bond motifs is 1. The van der Waals surface area contributed by atoms with Gasteiger partial charge in [0.05, 0.1) is 11.4 Å². The van der Waals surface area contributed by atoms with E-state index in [0.29, 0.717) is 0 Å². The van der Waals surface area contributed by atoms with E-state index in [0.717, 1.165) is 19.1 Å². The molecule has 0 spiro atoms. The Bertz CT molecular complexity index is 396. The lowest BCUT2D eigenvalue weighted by Crippen LogP contribution is -2.45. The molecule has 0 amide bonds. The Hall–Kier alpha value is -1.22. The Morgan fingerprint density at radius 1 is 1.06 bits per heavy atom. The average Bonchev–Trinajstić information content (AvgIpc) is 2.68. The van der Waals surface area contributed by atoms with E-state index >= 15 is 0 Å². The minimum atomic E-state index is 0.717. The van der Waals surface area contributed by atoms with Gasteiger partial charge >= 0.3 is 0 Å². The number of benzene rings is 1. The highest BCUT2D eigenvalue weighted by Gasteiger charge is 2.26.